The minimum atomic E-state index is -0.321. The van der Waals surface area contributed by atoms with E-state index in [4.69, 9.17) is 0 Å². The lowest BCUT2D eigenvalue weighted by Crippen LogP contribution is -2.33. The number of rotatable bonds is 8. The normalized spacial score (nSPS) is 10.6. The number of nitriles is 1. The van der Waals surface area contributed by atoms with E-state index in [2.05, 4.69) is 13.2 Å². The molecule has 0 unspecified atom stereocenters. The van der Waals surface area contributed by atoms with Crippen LogP contribution in [0, 0.1) is 18.3 Å². The molecule has 0 N–H and O–H groups in total. The van der Waals surface area contributed by atoms with E-state index in [0.717, 1.165) is 11.3 Å². The lowest BCUT2D eigenvalue weighted by atomic mass is 10.2. The van der Waals surface area contributed by atoms with Crippen LogP contribution in [0.5, 0.6) is 0 Å². The molecule has 0 aliphatic rings. The number of hydrogen-bond donors (Lipinski definition) is 0. The van der Waals surface area contributed by atoms with E-state index in [9.17, 15) is 10.1 Å². The van der Waals surface area contributed by atoms with Crippen LogP contribution >= 0.6 is 0 Å². The molecule has 0 aliphatic heterocycles. The van der Waals surface area contributed by atoms with Gasteiger partial charge in [-0.2, -0.15) is 5.26 Å². The Kier molecular flexibility index (Phi) is 7.35. The molecular formula is C19H23N3O. The highest BCUT2D eigenvalue weighted by Gasteiger charge is 2.17. The molecule has 0 spiro atoms. The fourth-order valence-corrected chi connectivity index (χ4v) is 2.17. The van der Waals surface area contributed by atoms with Gasteiger partial charge in [0, 0.05) is 31.5 Å². The third-order valence-electron chi connectivity index (χ3n) is 3.30. The Morgan fingerprint density at radius 1 is 1.30 bits per heavy atom. The summed E-state index contributed by atoms with van der Waals surface area (Å²) >= 11 is 0. The molecule has 0 saturated heterocycles. The number of carbonyl (C=O) groups excluding carboxylic acids is 1. The summed E-state index contributed by atoms with van der Waals surface area (Å²) in [6.45, 7) is 12.7. The zero-order valence-electron chi connectivity index (χ0n) is 13.8. The van der Waals surface area contributed by atoms with E-state index in [1.54, 1.807) is 18.4 Å². The Morgan fingerprint density at radius 3 is 2.43 bits per heavy atom. The first kappa shape index (κ1) is 18.2. The van der Waals surface area contributed by atoms with Gasteiger partial charge in [0.05, 0.1) is 0 Å². The largest absolute Gasteiger partial charge is 0.347 e. The summed E-state index contributed by atoms with van der Waals surface area (Å²) in [6.07, 6.45) is 4.87. The van der Waals surface area contributed by atoms with Crippen LogP contribution in [0.4, 0.5) is 5.69 Å². The van der Waals surface area contributed by atoms with Crippen LogP contribution in [0.25, 0.3) is 0 Å². The fraction of sp³-hybridized carbons (Fsp3) is 0.263. The lowest BCUT2D eigenvalue weighted by molar-refractivity contribution is -0.125. The van der Waals surface area contributed by atoms with Crippen LogP contribution in [-0.4, -0.2) is 30.4 Å². The number of aryl methyl sites for hydroxylation is 1. The number of carbonyl (C=O) groups is 1. The van der Waals surface area contributed by atoms with Crippen LogP contribution in [0.15, 0.2) is 61.3 Å². The van der Waals surface area contributed by atoms with Crippen LogP contribution in [-0.2, 0) is 4.79 Å². The zero-order valence-corrected chi connectivity index (χ0v) is 13.8. The van der Waals surface area contributed by atoms with Gasteiger partial charge in [0.1, 0.15) is 11.6 Å². The molecular weight excluding hydrogens is 286 g/mol. The van der Waals surface area contributed by atoms with Gasteiger partial charge >= 0.3 is 0 Å². The molecule has 1 amide bonds. The first-order valence-corrected chi connectivity index (χ1v) is 7.53. The molecule has 0 heterocycles. The van der Waals surface area contributed by atoms with Gasteiger partial charge in [-0.05, 0) is 31.5 Å². The predicted octanol–water partition coefficient (Wildman–Crippen LogP) is 3.43. The maximum Gasteiger partial charge on any atom is 0.266 e. The molecule has 1 rings (SSSR count). The van der Waals surface area contributed by atoms with E-state index < -0.39 is 0 Å². The van der Waals surface area contributed by atoms with Crippen molar-refractivity contribution < 1.29 is 4.79 Å². The van der Waals surface area contributed by atoms with Crippen LogP contribution in [0.3, 0.4) is 0 Å². The van der Waals surface area contributed by atoms with E-state index in [-0.39, 0.29) is 11.5 Å². The van der Waals surface area contributed by atoms with Crippen molar-refractivity contribution in [3.8, 4) is 6.07 Å². The molecule has 4 nitrogen and oxygen atoms in total. The minimum absolute atomic E-state index is 0.0945. The maximum atomic E-state index is 12.5. The van der Waals surface area contributed by atoms with Gasteiger partial charge in [-0.1, -0.05) is 24.3 Å². The van der Waals surface area contributed by atoms with Gasteiger partial charge in [0.15, 0.2) is 0 Å². The lowest BCUT2D eigenvalue weighted by Gasteiger charge is -2.22. The van der Waals surface area contributed by atoms with Crippen LogP contribution in [0.1, 0.15) is 12.5 Å². The molecule has 0 aliphatic carbocycles. The van der Waals surface area contributed by atoms with Gasteiger partial charge in [0.25, 0.3) is 5.91 Å². The molecule has 1 aromatic rings. The average molecular weight is 309 g/mol. The number of benzene rings is 1. The van der Waals surface area contributed by atoms with Crippen molar-refractivity contribution in [3.63, 3.8) is 0 Å². The predicted molar refractivity (Wildman–Crippen MR) is 94.9 cm³/mol. The van der Waals surface area contributed by atoms with E-state index in [1.807, 2.05) is 49.1 Å². The van der Waals surface area contributed by atoms with Crippen molar-refractivity contribution >= 4 is 11.6 Å². The van der Waals surface area contributed by atoms with Crippen molar-refractivity contribution in [3.05, 3.63) is 66.9 Å². The highest BCUT2D eigenvalue weighted by molar-refractivity contribution is 5.97. The summed E-state index contributed by atoms with van der Waals surface area (Å²) in [7, 11) is 0. The van der Waals surface area contributed by atoms with Gasteiger partial charge in [0.2, 0.25) is 0 Å². The maximum absolute atomic E-state index is 12.5. The van der Waals surface area contributed by atoms with Crippen LogP contribution in [0.2, 0.25) is 0 Å². The molecule has 0 fully saturated rings. The number of nitrogens with zero attached hydrogens (tertiary/aromatic N) is 3. The summed E-state index contributed by atoms with van der Waals surface area (Å²) in [6, 6.07) is 9.94. The first-order chi connectivity index (χ1) is 11.1. The second-order valence-electron chi connectivity index (χ2n) is 5.07. The second-order valence-corrected chi connectivity index (χ2v) is 5.07. The Morgan fingerprint density at radius 2 is 1.96 bits per heavy atom. The highest BCUT2D eigenvalue weighted by Crippen LogP contribution is 2.17. The van der Waals surface area contributed by atoms with Crippen molar-refractivity contribution in [2.75, 3.05) is 24.5 Å². The van der Waals surface area contributed by atoms with Crippen molar-refractivity contribution in [2.24, 2.45) is 0 Å². The highest BCUT2D eigenvalue weighted by atomic mass is 16.2. The van der Waals surface area contributed by atoms with Crippen molar-refractivity contribution in [2.45, 2.75) is 13.8 Å². The second kappa shape index (κ2) is 9.26. The number of amides is 1. The first-order valence-electron chi connectivity index (χ1n) is 7.53. The molecule has 0 aromatic heterocycles. The molecule has 0 radical (unpaired) electrons. The summed E-state index contributed by atoms with van der Waals surface area (Å²) < 4.78 is 0. The summed E-state index contributed by atoms with van der Waals surface area (Å²) in [4.78, 5) is 15.9. The Labute approximate surface area is 138 Å². The molecule has 120 valence electrons. The van der Waals surface area contributed by atoms with E-state index in [0.29, 0.717) is 19.6 Å². The summed E-state index contributed by atoms with van der Waals surface area (Å²) in [5.74, 6) is -0.321. The van der Waals surface area contributed by atoms with Gasteiger partial charge in [-0.15, -0.1) is 13.2 Å². The molecule has 4 heteroatoms. The third-order valence-corrected chi connectivity index (χ3v) is 3.30. The molecule has 0 atom stereocenters. The van der Waals surface area contributed by atoms with Crippen LogP contribution < -0.4 is 4.90 Å². The van der Waals surface area contributed by atoms with Gasteiger partial charge in [-0.3, -0.25) is 4.79 Å². The van der Waals surface area contributed by atoms with Gasteiger partial charge in [-0.25, -0.2) is 0 Å². The molecule has 0 saturated carbocycles. The topological polar surface area (TPSA) is 47.3 Å². The fourth-order valence-electron chi connectivity index (χ4n) is 2.17. The Hall–Kier alpha value is -2.80. The zero-order chi connectivity index (χ0) is 17.2. The average Bonchev–Trinajstić information content (AvgIpc) is 2.55. The van der Waals surface area contributed by atoms with Crippen molar-refractivity contribution in [1.29, 1.82) is 5.26 Å². The van der Waals surface area contributed by atoms with E-state index >= 15 is 0 Å². The number of anilines is 1. The standard InChI is InChI=1S/C19H23N3O/c1-5-11-22(12-6-2)19(23)17(14-20)15-21(7-3)18-10-8-9-16(4)13-18/h5-6,8-10,13,15H,1-2,7,11-12H2,3-4H3/b17-15-. The van der Waals surface area contributed by atoms with E-state index in [1.165, 1.54) is 4.90 Å². The third kappa shape index (κ3) is 5.15. The quantitative estimate of drug-likeness (QED) is 0.420. The Balaban J connectivity index is 3.12. The summed E-state index contributed by atoms with van der Waals surface area (Å²) in [5.41, 5.74) is 2.17. The molecule has 0 bridgehead atoms. The summed E-state index contributed by atoms with van der Waals surface area (Å²) in [5, 5.41) is 9.38. The van der Waals surface area contributed by atoms with Crippen molar-refractivity contribution in [1.82, 2.24) is 4.90 Å². The minimum Gasteiger partial charge on any atom is -0.347 e. The molecule has 23 heavy (non-hydrogen) atoms. The number of hydrogen-bond acceptors (Lipinski definition) is 3. The monoisotopic (exact) mass is 309 g/mol. The smallest absolute Gasteiger partial charge is 0.266 e. The van der Waals surface area contributed by atoms with Gasteiger partial charge < -0.3 is 9.80 Å². The molecule has 1 aromatic carbocycles. The Bertz CT molecular complexity index is 630. The SMILES string of the molecule is C=CCN(CC=C)C(=O)/C(C#N)=C\N(CC)c1cccc(C)c1.